The van der Waals surface area contributed by atoms with E-state index in [1.165, 1.54) is 12.1 Å². The number of halogens is 2. The van der Waals surface area contributed by atoms with Gasteiger partial charge in [0, 0.05) is 10.2 Å². The molecule has 5 nitrogen and oxygen atoms in total. The second kappa shape index (κ2) is 5.46. The SMILES string of the molecule is O=C(O)c1ccc(C(=O)Nc2ccc(Br)c(Cl)c2)o1. The Morgan fingerprint density at radius 3 is 2.47 bits per heavy atom. The van der Waals surface area contributed by atoms with Crippen molar-refractivity contribution in [2.24, 2.45) is 0 Å². The molecule has 0 aliphatic carbocycles. The predicted octanol–water partition coefficient (Wildman–Crippen LogP) is 3.65. The zero-order chi connectivity index (χ0) is 14.0. The molecule has 1 aromatic heterocycles. The number of carboxylic acid groups (broad SMARTS) is 1. The van der Waals surface area contributed by atoms with Crippen molar-refractivity contribution in [3.05, 3.63) is 51.3 Å². The molecule has 0 fully saturated rings. The summed E-state index contributed by atoms with van der Waals surface area (Å²) >= 11 is 9.12. The van der Waals surface area contributed by atoms with Crippen molar-refractivity contribution in [3.63, 3.8) is 0 Å². The van der Waals surface area contributed by atoms with E-state index >= 15 is 0 Å². The molecule has 0 saturated carbocycles. The number of hydrogen-bond acceptors (Lipinski definition) is 3. The lowest BCUT2D eigenvalue weighted by Crippen LogP contribution is -2.10. The average Bonchev–Trinajstić information content (AvgIpc) is 2.83. The lowest BCUT2D eigenvalue weighted by molar-refractivity contribution is 0.0660. The van der Waals surface area contributed by atoms with E-state index in [1.54, 1.807) is 18.2 Å². The van der Waals surface area contributed by atoms with Gasteiger partial charge in [0.05, 0.1) is 5.02 Å². The van der Waals surface area contributed by atoms with Crippen molar-refractivity contribution in [2.75, 3.05) is 5.32 Å². The topological polar surface area (TPSA) is 79.5 Å². The summed E-state index contributed by atoms with van der Waals surface area (Å²) in [6.45, 7) is 0. The summed E-state index contributed by atoms with van der Waals surface area (Å²) in [7, 11) is 0. The van der Waals surface area contributed by atoms with Crippen LogP contribution in [0.2, 0.25) is 5.02 Å². The van der Waals surface area contributed by atoms with Crippen molar-refractivity contribution >= 4 is 45.1 Å². The standard InChI is InChI=1S/C12H7BrClNO4/c13-7-2-1-6(5-8(7)14)15-11(16)9-3-4-10(19-9)12(17)18/h1-5H,(H,15,16)(H,17,18). The van der Waals surface area contributed by atoms with E-state index in [2.05, 4.69) is 21.2 Å². The first-order chi connectivity index (χ1) is 8.97. The van der Waals surface area contributed by atoms with Crippen molar-refractivity contribution < 1.29 is 19.1 Å². The molecule has 7 heteroatoms. The summed E-state index contributed by atoms with van der Waals surface area (Å²) in [4.78, 5) is 22.4. The molecular formula is C12H7BrClNO4. The Morgan fingerprint density at radius 2 is 1.89 bits per heavy atom. The van der Waals surface area contributed by atoms with Crippen LogP contribution in [0.1, 0.15) is 21.1 Å². The third-order valence-electron chi connectivity index (χ3n) is 2.22. The fourth-order valence-electron chi connectivity index (χ4n) is 1.34. The highest BCUT2D eigenvalue weighted by atomic mass is 79.9. The minimum atomic E-state index is -1.23. The zero-order valence-electron chi connectivity index (χ0n) is 9.31. The van der Waals surface area contributed by atoms with Crippen LogP contribution in [0.15, 0.2) is 39.2 Å². The predicted molar refractivity (Wildman–Crippen MR) is 72.8 cm³/mol. The van der Waals surface area contributed by atoms with Gasteiger partial charge in [0.2, 0.25) is 5.76 Å². The van der Waals surface area contributed by atoms with E-state index in [1.807, 2.05) is 0 Å². The molecule has 2 aromatic rings. The van der Waals surface area contributed by atoms with Gasteiger partial charge in [0.25, 0.3) is 5.91 Å². The van der Waals surface area contributed by atoms with Crippen LogP contribution < -0.4 is 5.32 Å². The number of amides is 1. The van der Waals surface area contributed by atoms with E-state index in [0.717, 1.165) is 0 Å². The zero-order valence-corrected chi connectivity index (χ0v) is 11.7. The van der Waals surface area contributed by atoms with Gasteiger partial charge in [-0.15, -0.1) is 0 Å². The molecule has 0 atom stereocenters. The van der Waals surface area contributed by atoms with Crippen molar-refractivity contribution in [3.8, 4) is 0 Å². The second-order valence-corrected chi connectivity index (χ2v) is 4.81. The summed E-state index contributed by atoms with van der Waals surface area (Å²) in [5.41, 5.74) is 0.478. The molecule has 1 heterocycles. The highest BCUT2D eigenvalue weighted by molar-refractivity contribution is 9.10. The number of rotatable bonds is 3. The number of anilines is 1. The van der Waals surface area contributed by atoms with E-state index in [-0.39, 0.29) is 11.5 Å². The largest absolute Gasteiger partial charge is 0.475 e. The molecule has 0 bridgehead atoms. The van der Waals surface area contributed by atoms with Gasteiger partial charge >= 0.3 is 5.97 Å². The quantitative estimate of drug-likeness (QED) is 0.891. The molecule has 2 N–H and O–H groups in total. The Morgan fingerprint density at radius 1 is 1.21 bits per heavy atom. The number of carbonyl (C=O) groups excluding carboxylic acids is 1. The number of carbonyl (C=O) groups is 2. The number of furan rings is 1. The summed E-state index contributed by atoms with van der Waals surface area (Å²) in [6, 6.07) is 7.40. The summed E-state index contributed by atoms with van der Waals surface area (Å²) in [5.74, 6) is -2.16. The molecular weight excluding hydrogens is 337 g/mol. The van der Waals surface area contributed by atoms with Gasteiger partial charge in [-0.1, -0.05) is 11.6 Å². The van der Waals surface area contributed by atoms with Crippen molar-refractivity contribution in [1.82, 2.24) is 0 Å². The molecule has 19 heavy (non-hydrogen) atoms. The van der Waals surface area contributed by atoms with E-state index in [9.17, 15) is 9.59 Å². The van der Waals surface area contributed by atoms with Gasteiger partial charge in [-0.05, 0) is 46.3 Å². The Kier molecular flexibility index (Phi) is 3.92. The smallest absolute Gasteiger partial charge is 0.371 e. The van der Waals surface area contributed by atoms with Gasteiger partial charge in [-0.3, -0.25) is 4.79 Å². The maximum absolute atomic E-state index is 11.8. The lowest BCUT2D eigenvalue weighted by Gasteiger charge is -2.04. The molecule has 0 radical (unpaired) electrons. The van der Waals surface area contributed by atoms with E-state index in [0.29, 0.717) is 15.2 Å². The van der Waals surface area contributed by atoms with Crippen LogP contribution in [0, 0.1) is 0 Å². The maximum atomic E-state index is 11.8. The monoisotopic (exact) mass is 343 g/mol. The van der Waals surface area contributed by atoms with Gasteiger partial charge in [0.15, 0.2) is 5.76 Å². The lowest BCUT2D eigenvalue weighted by atomic mass is 10.3. The van der Waals surface area contributed by atoms with Crippen LogP contribution in [0.4, 0.5) is 5.69 Å². The molecule has 1 amide bonds. The summed E-state index contributed by atoms with van der Waals surface area (Å²) in [6.07, 6.45) is 0. The fourth-order valence-corrected chi connectivity index (χ4v) is 1.77. The fraction of sp³-hybridized carbons (Fsp3) is 0. The third-order valence-corrected chi connectivity index (χ3v) is 3.45. The van der Waals surface area contributed by atoms with Gasteiger partial charge < -0.3 is 14.8 Å². The van der Waals surface area contributed by atoms with Crippen LogP contribution in [0.5, 0.6) is 0 Å². The molecule has 1 aromatic carbocycles. The van der Waals surface area contributed by atoms with Gasteiger partial charge in [-0.2, -0.15) is 0 Å². The third kappa shape index (κ3) is 3.15. The number of nitrogens with one attached hydrogen (secondary N) is 1. The molecule has 0 unspecified atom stereocenters. The normalized spacial score (nSPS) is 10.2. The number of benzene rings is 1. The first kappa shape index (κ1) is 13.6. The molecule has 0 saturated heterocycles. The van der Waals surface area contributed by atoms with Crippen molar-refractivity contribution in [1.29, 1.82) is 0 Å². The van der Waals surface area contributed by atoms with E-state index < -0.39 is 11.9 Å². The molecule has 0 spiro atoms. The minimum absolute atomic E-state index is 0.0866. The molecule has 98 valence electrons. The average molecular weight is 345 g/mol. The first-order valence-corrected chi connectivity index (χ1v) is 6.24. The first-order valence-electron chi connectivity index (χ1n) is 5.07. The summed E-state index contributed by atoms with van der Waals surface area (Å²) < 4.78 is 5.59. The highest BCUT2D eigenvalue weighted by Gasteiger charge is 2.15. The maximum Gasteiger partial charge on any atom is 0.371 e. The Hall–Kier alpha value is -1.79. The highest BCUT2D eigenvalue weighted by Crippen LogP contribution is 2.25. The Bertz CT molecular complexity index is 653. The number of hydrogen-bond donors (Lipinski definition) is 2. The van der Waals surface area contributed by atoms with Crippen LogP contribution in [0.25, 0.3) is 0 Å². The van der Waals surface area contributed by atoms with Crippen LogP contribution in [0.3, 0.4) is 0 Å². The number of aromatic carboxylic acids is 1. The van der Waals surface area contributed by atoms with Crippen molar-refractivity contribution in [2.45, 2.75) is 0 Å². The Balaban J connectivity index is 2.15. The van der Waals surface area contributed by atoms with Gasteiger partial charge in [0.1, 0.15) is 0 Å². The minimum Gasteiger partial charge on any atom is -0.475 e. The van der Waals surface area contributed by atoms with Crippen LogP contribution >= 0.6 is 27.5 Å². The van der Waals surface area contributed by atoms with Crippen LogP contribution in [-0.2, 0) is 0 Å². The van der Waals surface area contributed by atoms with E-state index in [4.69, 9.17) is 21.1 Å². The van der Waals surface area contributed by atoms with Crippen LogP contribution in [-0.4, -0.2) is 17.0 Å². The molecule has 2 rings (SSSR count). The number of carboxylic acids is 1. The Labute approximate surface area is 121 Å². The van der Waals surface area contributed by atoms with Gasteiger partial charge in [-0.25, -0.2) is 4.79 Å². The molecule has 0 aliphatic heterocycles. The summed E-state index contributed by atoms with van der Waals surface area (Å²) in [5, 5.41) is 11.7. The molecule has 0 aliphatic rings. The second-order valence-electron chi connectivity index (χ2n) is 3.55.